The van der Waals surface area contributed by atoms with E-state index in [2.05, 4.69) is 20.8 Å². The lowest BCUT2D eigenvalue weighted by Gasteiger charge is -2.59. The molecule has 0 bridgehead atoms. The first-order chi connectivity index (χ1) is 10.2. The predicted octanol–water partition coefficient (Wildman–Crippen LogP) is 1.91. The van der Waals surface area contributed by atoms with Crippen molar-refractivity contribution < 1.29 is 24.2 Å². The number of ether oxygens (including phenoxy) is 2. The van der Waals surface area contributed by atoms with Crippen LogP contribution < -0.4 is 0 Å². The van der Waals surface area contributed by atoms with Crippen LogP contribution in [0.15, 0.2) is 0 Å². The molecule has 0 aromatic heterocycles. The molecule has 0 aromatic carbocycles. The molecule has 0 aromatic rings. The van der Waals surface area contributed by atoms with Gasteiger partial charge in [0.2, 0.25) is 0 Å². The monoisotopic (exact) mass is 310 g/mol. The zero-order chi connectivity index (χ0) is 16.3. The average molecular weight is 310 g/mol. The van der Waals surface area contributed by atoms with Crippen LogP contribution >= 0.6 is 0 Å². The SMILES string of the molecule is CC(=O)O[C@H]1CC[C@]2(C)[C@@H]3C(=O)OC[C@H]3[C@@H](O)C[C@H]2C1(C)C. The molecular weight excluding hydrogens is 284 g/mol. The molecule has 124 valence electrons. The third-order valence-corrected chi connectivity index (χ3v) is 6.56. The van der Waals surface area contributed by atoms with Crippen molar-refractivity contribution in [3.05, 3.63) is 0 Å². The molecule has 0 radical (unpaired) electrons. The van der Waals surface area contributed by atoms with E-state index in [4.69, 9.17) is 9.47 Å². The van der Waals surface area contributed by atoms with Crippen molar-refractivity contribution in [2.24, 2.45) is 28.6 Å². The van der Waals surface area contributed by atoms with Gasteiger partial charge in [-0.1, -0.05) is 20.8 Å². The Balaban J connectivity index is 1.96. The van der Waals surface area contributed by atoms with E-state index >= 15 is 0 Å². The number of aliphatic hydroxyl groups excluding tert-OH is 1. The molecule has 6 atom stereocenters. The van der Waals surface area contributed by atoms with Gasteiger partial charge in [-0.15, -0.1) is 0 Å². The minimum Gasteiger partial charge on any atom is -0.465 e. The lowest BCUT2D eigenvalue weighted by Crippen LogP contribution is -2.60. The Hall–Kier alpha value is -1.10. The van der Waals surface area contributed by atoms with Gasteiger partial charge in [0, 0.05) is 18.3 Å². The van der Waals surface area contributed by atoms with Gasteiger partial charge in [0.1, 0.15) is 6.10 Å². The zero-order valence-corrected chi connectivity index (χ0v) is 13.8. The maximum Gasteiger partial charge on any atom is 0.310 e. The molecule has 0 unspecified atom stereocenters. The summed E-state index contributed by atoms with van der Waals surface area (Å²) in [6.45, 7) is 8.11. The Kier molecular flexibility index (Phi) is 3.55. The molecule has 1 N–H and O–H groups in total. The fraction of sp³-hybridized carbons (Fsp3) is 0.882. The van der Waals surface area contributed by atoms with Crippen LogP contribution in [0.2, 0.25) is 0 Å². The molecule has 2 saturated carbocycles. The Bertz CT molecular complexity index is 499. The quantitative estimate of drug-likeness (QED) is 0.749. The molecule has 3 fully saturated rings. The largest absolute Gasteiger partial charge is 0.465 e. The molecule has 5 heteroatoms. The van der Waals surface area contributed by atoms with Crippen molar-refractivity contribution in [1.82, 2.24) is 0 Å². The van der Waals surface area contributed by atoms with Crippen LogP contribution in [0.5, 0.6) is 0 Å². The van der Waals surface area contributed by atoms with E-state index in [-0.39, 0.29) is 46.6 Å². The molecule has 22 heavy (non-hydrogen) atoms. The highest BCUT2D eigenvalue weighted by molar-refractivity contribution is 5.76. The van der Waals surface area contributed by atoms with Crippen LogP contribution in [0.4, 0.5) is 0 Å². The van der Waals surface area contributed by atoms with Crippen molar-refractivity contribution in [1.29, 1.82) is 0 Å². The molecule has 3 aliphatic rings. The number of esters is 2. The third-order valence-electron chi connectivity index (χ3n) is 6.56. The van der Waals surface area contributed by atoms with Gasteiger partial charge in [-0.2, -0.15) is 0 Å². The number of aliphatic hydroxyl groups is 1. The topological polar surface area (TPSA) is 72.8 Å². The molecule has 2 aliphatic carbocycles. The van der Waals surface area contributed by atoms with Crippen LogP contribution in [0.3, 0.4) is 0 Å². The second-order valence-electron chi connectivity index (χ2n) is 8.09. The summed E-state index contributed by atoms with van der Waals surface area (Å²) < 4.78 is 10.8. The van der Waals surface area contributed by atoms with Gasteiger partial charge in [-0.25, -0.2) is 0 Å². The summed E-state index contributed by atoms with van der Waals surface area (Å²) >= 11 is 0. The Morgan fingerprint density at radius 3 is 2.68 bits per heavy atom. The van der Waals surface area contributed by atoms with Gasteiger partial charge < -0.3 is 14.6 Å². The third kappa shape index (κ3) is 2.08. The van der Waals surface area contributed by atoms with E-state index in [1.807, 2.05) is 0 Å². The van der Waals surface area contributed by atoms with Crippen LogP contribution in [0, 0.1) is 28.6 Å². The standard InChI is InChI=1S/C17H26O5/c1-9(18)22-13-5-6-17(4)12(16(13,2)3)7-11(19)10-8-21-15(20)14(10)17/h10-14,19H,5-8H2,1-4H3/t10-,11-,12-,13-,14-,17-/m0/s1. The zero-order valence-electron chi connectivity index (χ0n) is 13.8. The molecule has 5 nitrogen and oxygen atoms in total. The second-order valence-corrected chi connectivity index (χ2v) is 8.09. The van der Waals surface area contributed by atoms with Gasteiger partial charge >= 0.3 is 11.9 Å². The molecule has 1 saturated heterocycles. The number of hydrogen-bond acceptors (Lipinski definition) is 5. The van der Waals surface area contributed by atoms with Gasteiger partial charge in [0.15, 0.2) is 0 Å². The Labute approximate surface area is 131 Å². The summed E-state index contributed by atoms with van der Waals surface area (Å²) in [4.78, 5) is 23.7. The number of carbonyl (C=O) groups is 2. The second kappa shape index (κ2) is 4.95. The summed E-state index contributed by atoms with van der Waals surface area (Å²) in [5.41, 5.74) is -0.467. The normalized spacial score (nSPS) is 46.4. The maximum absolute atomic E-state index is 12.3. The van der Waals surface area contributed by atoms with Gasteiger partial charge in [-0.3, -0.25) is 9.59 Å². The van der Waals surface area contributed by atoms with Gasteiger partial charge in [0.05, 0.1) is 18.6 Å². The number of cyclic esters (lactones) is 1. The summed E-state index contributed by atoms with van der Waals surface area (Å²) in [6.07, 6.45) is 1.53. The minimum absolute atomic E-state index is 0.0881. The molecular formula is C17H26O5. The van der Waals surface area contributed by atoms with E-state index < -0.39 is 6.10 Å². The van der Waals surface area contributed by atoms with Crippen LogP contribution in [0.1, 0.15) is 47.0 Å². The first kappa shape index (κ1) is 15.8. The summed E-state index contributed by atoms with van der Waals surface area (Å²) in [5.74, 6) is -0.636. The van der Waals surface area contributed by atoms with E-state index in [1.54, 1.807) is 0 Å². The molecule has 0 amide bonds. The lowest BCUT2D eigenvalue weighted by atomic mass is 9.45. The smallest absolute Gasteiger partial charge is 0.310 e. The lowest BCUT2D eigenvalue weighted by molar-refractivity contribution is -0.193. The maximum atomic E-state index is 12.3. The van der Waals surface area contributed by atoms with Crippen molar-refractivity contribution in [2.45, 2.75) is 59.2 Å². The van der Waals surface area contributed by atoms with Crippen molar-refractivity contribution in [3.63, 3.8) is 0 Å². The number of fused-ring (bicyclic) bond motifs is 3. The highest BCUT2D eigenvalue weighted by Gasteiger charge is 2.64. The predicted molar refractivity (Wildman–Crippen MR) is 78.7 cm³/mol. The van der Waals surface area contributed by atoms with E-state index in [0.717, 1.165) is 12.8 Å². The summed E-state index contributed by atoms with van der Waals surface area (Å²) in [6, 6.07) is 0. The summed E-state index contributed by atoms with van der Waals surface area (Å²) in [7, 11) is 0. The minimum atomic E-state index is -0.523. The Morgan fingerprint density at radius 1 is 1.36 bits per heavy atom. The van der Waals surface area contributed by atoms with E-state index in [0.29, 0.717) is 13.0 Å². The number of carbonyl (C=O) groups excluding carboxylic acids is 2. The van der Waals surface area contributed by atoms with E-state index in [9.17, 15) is 14.7 Å². The van der Waals surface area contributed by atoms with Crippen molar-refractivity contribution in [3.8, 4) is 0 Å². The highest BCUT2D eigenvalue weighted by atomic mass is 16.5. The van der Waals surface area contributed by atoms with Gasteiger partial charge in [-0.05, 0) is 30.6 Å². The van der Waals surface area contributed by atoms with Crippen LogP contribution in [-0.4, -0.2) is 35.9 Å². The Morgan fingerprint density at radius 2 is 2.05 bits per heavy atom. The van der Waals surface area contributed by atoms with Crippen LogP contribution in [-0.2, 0) is 19.1 Å². The van der Waals surface area contributed by atoms with E-state index in [1.165, 1.54) is 6.92 Å². The number of hydrogen-bond donors (Lipinski definition) is 1. The van der Waals surface area contributed by atoms with Crippen LogP contribution in [0.25, 0.3) is 0 Å². The first-order valence-electron chi connectivity index (χ1n) is 8.20. The molecule has 3 rings (SSSR count). The number of rotatable bonds is 1. The molecule has 1 heterocycles. The van der Waals surface area contributed by atoms with Crippen molar-refractivity contribution >= 4 is 11.9 Å². The average Bonchev–Trinajstić information content (AvgIpc) is 2.80. The first-order valence-corrected chi connectivity index (χ1v) is 8.20. The van der Waals surface area contributed by atoms with Gasteiger partial charge in [0.25, 0.3) is 0 Å². The summed E-state index contributed by atoms with van der Waals surface area (Å²) in [5, 5.41) is 10.5. The highest BCUT2D eigenvalue weighted by Crippen LogP contribution is 2.62. The molecule has 1 aliphatic heterocycles. The fourth-order valence-corrected chi connectivity index (χ4v) is 5.47. The fourth-order valence-electron chi connectivity index (χ4n) is 5.47. The molecule has 0 spiro atoms. The van der Waals surface area contributed by atoms with Crippen molar-refractivity contribution in [2.75, 3.05) is 6.61 Å².